The summed E-state index contributed by atoms with van der Waals surface area (Å²) in [5.41, 5.74) is 0.364. The van der Waals surface area contributed by atoms with E-state index in [0.717, 1.165) is 23.9 Å². The Bertz CT molecular complexity index is 1990. The van der Waals surface area contributed by atoms with Gasteiger partial charge in [0.25, 0.3) is 0 Å². The minimum atomic E-state index is -4.62. The van der Waals surface area contributed by atoms with Crippen LogP contribution in [0.1, 0.15) is 29.5 Å². The number of nitrogens with zero attached hydrogens (tertiary/aromatic N) is 2. The molecule has 1 aliphatic rings. The van der Waals surface area contributed by atoms with Crippen LogP contribution in [0.2, 0.25) is 0 Å². The van der Waals surface area contributed by atoms with Crippen molar-refractivity contribution in [1.29, 1.82) is 0 Å². The molecule has 0 unspecified atom stereocenters. The lowest BCUT2D eigenvalue weighted by Gasteiger charge is -2.35. The molecule has 5 aromatic rings. The SMILES string of the molecule is O=C(Cn1c(SCc2cccc(F)c2F)cc(=O)c2ccccc21)N(Cc1ccc(-c2ccccc2)c(C(F)(F)F)c1)C1CCNCC1. The van der Waals surface area contributed by atoms with Crippen LogP contribution < -0.4 is 10.7 Å². The summed E-state index contributed by atoms with van der Waals surface area (Å²) < 4.78 is 73.2. The summed E-state index contributed by atoms with van der Waals surface area (Å²) >= 11 is 1.10. The molecule has 0 spiro atoms. The Morgan fingerprint density at radius 2 is 1.62 bits per heavy atom. The lowest BCUT2D eigenvalue weighted by molar-refractivity contribution is -0.137. The summed E-state index contributed by atoms with van der Waals surface area (Å²) in [6, 6.07) is 24.4. The van der Waals surface area contributed by atoms with Crippen molar-refractivity contribution in [2.75, 3.05) is 13.1 Å². The van der Waals surface area contributed by atoms with Crippen molar-refractivity contribution < 1.29 is 26.7 Å². The van der Waals surface area contributed by atoms with Gasteiger partial charge in [0.05, 0.1) is 16.1 Å². The van der Waals surface area contributed by atoms with Gasteiger partial charge in [0.15, 0.2) is 17.1 Å². The van der Waals surface area contributed by atoms with Crippen molar-refractivity contribution >= 4 is 28.6 Å². The molecule has 11 heteroatoms. The number of rotatable bonds is 9. The van der Waals surface area contributed by atoms with E-state index in [0.29, 0.717) is 53.0 Å². The molecule has 1 aliphatic heterocycles. The first-order valence-corrected chi connectivity index (χ1v) is 16.5. The number of hydrogen-bond donors (Lipinski definition) is 1. The van der Waals surface area contributed by atoms with E-state index in [4.69, 9.17) is 0 Å². The number of amides is 1. The van der Waals surface area contributed by atoms with Gasteiger partial charge >= 0.3 is 6.18 Å². The van der Waals surface area contributed by atoms with Gasteiger partial charge < -0.3 is 14.8 Å². The predicted molar refractivity (Wildman–Crippen MR) is 177 cm³/mol. The number of carbonyl (C=O) groups excluding carboxylic acids is 1. The first kappa shape index (κ1) is 33.4. The van der Waals surface area contributed by atoms with Gasteiger partial charge in [-0.2, -0.15) is 13.2 Å². The third kappa shape index (κ3) is 7.32. The molecule has 1 saturated heterocycles. The fraction of sp³-hybridized carbons (Fsp3) is 0.243. The topological polar surface area (TPSA) is 54.3 Å². The maximum atomic E-state index is 14.5. The van der Waals surface area contributed by atoms with Crippen LogP contribution in [0.3, 0.4) is 0 Å². The average molecular weight is 678 g/mol. The highest BCUT2D eigenvalue weighted by Crippen LogP contribution is 2.38. The molecule has 248 valence electrons. The van der Waals surface area contributed by atoms with Crippen LogP contribution in [-0.2, 0) is 29.8 Å². The van der Waals surface area contributed by atoms with E-state index in [2.05, 4.69) is 5.32 Å². The van der Waals surface area contributed by atoms with Crippen molar-refractivity contribution in [3.05, 3.63) is 136 Å². The zero-order valence-electron chi connectivity index (χ0n) is 25.8. The van der Waals surface area contributed by atoms with Crippen LogP contribution in [0, 0.1) is 11.6 Å². The Morgan fingerprint density at radius 1 is 0.896 bits per heavy atom. The Morgan fingerprint density at radius 3 is 2.38 bits per heavy atom. The van der Waals surface area contributed by atoms with Gasteiger partial charge in [0, 0.05) is 35.4 Å². The van der Waals surface area contributed by atoms with E-state index in [-0.39, 0.29) is 47.3 Å². The summed E-state index contributed by atoms with van der Waals surface area (Å²) in [4.78, 5) is 29.0. The van der Waals surface area contributed by atoms with Crippen molar-refractivity contribution in [3.63, 3.8) is 0 Å². The molecule has 48 heavy (non-hydrogen) atoms. The van der Waals surface area contributed by atoms with Gasteiger partial charge in [-0.05, 0) is 66.9 Å². The van der Waals surface area contributed by atoms with E-state index in [1.165, 1.54) is 24.3 Å². The van der Waals surface area contributed by atoms with Gasteiger partial charge in [-0.1, -0.05) is 66.7 Å². The Balaban J connectivity index is 1.36. The average Bonchev–Trinajstić information content (AvgIpc) is 3.09. The number of pyridine rings is 1. The monoisotopic (exact) mass is 677 g/mol. The summed E-state index contributed by atoms with van der Waals surface area (Å²) in [6.07, 6.45) is -3.39. The number of halogens is 5. The number of benzene rings is 4. The molecular weight excluding hydrogens is 645 g/mol. The lowest BCUT2D eigenvalue weighted by Crippen LogP contribution is -2.47. The summed E-state index contributed by atoms with van der Waals surface area (Å²) in [7, 11) is 0. The number of alkyl halides is 3. The van der Waals surface area contributed by atoms with Gasteiger partial charge in [-0.15, -0.1) is 11.8 Å². The molecule has 0 bridgehead atoms. The first-order valence-electron chi connectivity index (χ1n) is 15.5. The zero-order valence-corrected chi connectivity index (χ0v) is 26.6. The van der Waals surface area contributed by atoms with Crippen molar-refractivity contribution in [2.45, 2.75) is 48.9 Å². The van der Waals surface area contributed by atoms with E-state index < -0.39 is 23.4 Å². The van der Waals surface area contributed by atoms with Gasteiger partial charge in [-0.3, -0.25) is 9.59 Å². The number of para-hydroxylation sites is 1. The third-order valence-electron chi connectivity index (χ3n) is 8.58. The normalized spacial score (nSPS) is 13.9. The van der Waals surface area contributed by atoms with Crippen molar-refractivity contribution in [1.82, 2.24) is 14.8 Å². The minimum absolute atomic E-state index is 0.00154. The van der Waals surface area contributed by atoms with E-state index in [9.17, 15) is 31.5 Å². The van der Waals surface area contributed by atoms with Crippen LogP contribution in [0.4, 0.5) is 22.0 Å². The van der Waals surface area contributed by atoms with Crippen LogP contribution in [0.25, 0.3) is 22.0 Å². The predicted octanol–water partition coefficient (Wildman–Crippen LogP) is 8.04. The zero-order chi connectivity index (χ0) is 33.8. The lowest BCUT2D eigenvalue weighted by atomic mass is 9.96. The van der Waals surface area contributed by atoms with Crippen LogP contribution in [0.15, 0.2) is 107 Å². The second-order valence-electron chi connectivity index (χ2n) is 11.7. The second-order valence-corrected chi connectivity index (χ2v) is 12.7. The van der Waals surface area contributed by atoms with Crippen molar-refractivity contribution in [3.8, 4) is 11.1 Å². The van der Waals surface area contributed by atoms with Crippen LogP contribution in [0.5, 0.6) is 0 Å². The minimum Gasteiger partial charge on any atom is -0.334 e. The highest BCUT2D eigenvalue weighted by atomic mass is 32.2. The van der Waals surface area contributed by atoms with Crippen LogP contribution in [-0.4, -0.2) is 34.5 Å². The highest BCUT2D eigenvalue weighted by Gasteiger charge is 2.35. The smallest absolute Gasteiger partial charge is 0.334 e. The molecule has 0 aliphatic carbocycles. The third-order valence-corrected chi connectivity index (χ3v) is 9.67. The largest absolute Gasteiger partial charge is 0.417 e. The number of piperidine rings is 1. The summed E-state index contributed by atoms with van der Waals surface area (Å²) in [5, 5.41) is 4.03. The summed E-state index contributed by atoms with van der Waals surface area (Å²) in [6.45, 7) is 1.04. The number of aromatic nitrogens is 1. The fourth-order valence-corrected chi connectivity index (χ4v) is 7.19. The van der Waals surface area contributed by atoms with Gasteiger partial charge in [0.1, 0.15) is 6.54 Å². The molecule has 0 radical (unpaired) electrons. The summed E-state index contributed by atoms with van der Waals surface area (Å²) in [5.74, 6) is -2.30. The Labute approximate surface area is 278 Å². The number of thioether (sulfide) groups is 1. The molecule has 1 aromatic heterocycles. The maximum absolute atomic E-state index is 14.5. The fourth-order valence-electron chi connectivity index (χ4n) is 6.15. The Hall–Kier alpha value is -4.48. The molecule has 5 nitrogen and oxygen atoms in total. The number of fused-ring (bicyclic) bond motifs is 1. The molecule has 2 heterocycles. The Kier molecular flexibility index (Phi) is 9.98. The molecule has 4 aromatic carbocycles. The molecular formula is C37H32F5N3O2S. The first-order chi connectivity index (χ1) is 23.1. The molecule has 1 amide bonds. The van der Waals surface area contributed by atoms with Crippen LogP contribution >= 0.6 is 11.8 Å². The maximum Gasteiger partial charge on any atom is 0.417 e. The highest BCUT2D eigenvalue weighted by molar-refractivity contribution is 7.98. The number of carbonyl (C=O) groups is 1. The van der Waals surface area contributed by atoms with Crippen molar-refractivity contribution in [2.24, 2.45) is 0 Å². The molecule has 0 atom stereocenters. The van der Waals surface area contributed by atoms with E-state index >= 15 is 0 Å². The number of hydrogen-bond acceptors (Lipinski definition) is 4. The molecule has 1 fully saturated rings. The second kappa shape index (κ2) is 14.3. The molecule has 0 saturated carbocycles. The van der Waals surface area contributed by atoms with E-state index in [1.807, 2.05) is 0 Å². The molecule has 1 N–H and O–H groups in total. The van der Waals surface area contributed by atoms with Gasteiger partial charge in [0.2, 0.25) is 5.91 Å². The number of nitrogens with one attached hydrogen (secondary N) is 1. The van der Waals surface area contributed by atoms with E-state index in [1.54, 1.807) is 70.1 Å². The molecule has 6 rings (SSSR count). The van der Waals surface area contributed by atoms with Gasteiger partial charge in [-0.25, -0.2) is 8.78 Å². The standard InChI is InChI=1S/C37H32F5N3O2S/c38-31-11-6-9-26(36(31)39)23-48-35-20-33(46)29-10-4-5-12-32(29)45(35)22-34(47)44(27-15-17-43-18-16-27)21-24-13-14-28(25-7-2-1-3-8-25)30(19-24)37(40,41)42/h1-14,19-20,27,43H,15-18,21-23H2. The quantitative estimate of drug-likeness (QED) is 0.127.